The Hall–Kier alpha value is -1.91. The highest BCUT2D eigenvalue weighted by atomic mass is 32.2. The van der Waals surface area contributed by atoms with Gasteiger partial charge in [-0.1, -0.05) is 12.1 Å². The molecule has 1 amide bonds. The second kappa shape index (κ2) is 7.20. The lowest BCUT2D eigenvalue weighted by atomic mass is 10.2. The Labute approximate surface area is 125 Å². The molecule has 1 rings (SSSR count). The normalized spacial score (nSPS) is 11.2. The largest absolute Gasteiger partial charge is 0.342 e. The molecule has 0 saturated carbocycles. The molecule has 0 heterocycles. The van der Waals surface area contributed by atoms with E-state index in [4.69, 9.17) is 5.26 Å². The molecular formula is C14H19N3O3S. The summed E-state index contributed by atoms with van der Waals surface area (Å²) in [6, 6.07) is 7.80. The third kappa shape index (κ3) is 3.80. The van der Waals surface area contributed by atoms with E-state index < -0.39 is 10.0 Å². The molecule has 0 N–H and O–H groups in total. The van der Waals surface area contributed by atoms with Gasteiger partial charge in [-0.25, -0.2) is 8.42 Å². The lowest BCUT2D eigenvalue weighted by Crippen LogP contribution is -2.41. The summed E-state index contributed by atoms with van der Waals surface area (Å²) in [6.07, 6.45) is 0. The van der Waals surface area contributed by atoms with Crippen molar-refractivity contribution in [2.75, 3.05) is 26.7 Å². The smallest absolute Gasteiger partial charge is 0.244 e. The van der Waals surface area contributed by atoms with Crippen LogP contribution in [0.15, 0.2) is 29.2 Å². The average Bonchev–Trinajstić information content (AvgIpc) is 2.48. The Bertz CT molecular complexity index is 646. The molecule has 0 aliphatic heterocycles. The van der Waals surface area contributed by atoms with Gasteiger partial charge in [0.2, 0.25) is 15.9 Å². The van der Waals surface area contributed by atoms with Crippen molar-refractivity contribution >= 4 is 15.9 Å². The van der Waals surface area contributed by atoms with Crippen LogP contribution in [-0.2, 0) is 14.8 Å². The summed E-state index contributed by atoms with van der Waals surface area (Å²) < 4.78 is 25.9. The maximum atomic E-state index is 12.5. The SMILES string of the molecule is CCN(CC)C(=O)CN(C)S(=O)(=O)c1ccccc1C#N. The Morgan fingerprint density at radius 1 is 1.24 bits per heavy atom. The van der Waals surface area contributed by atoms with Gasteiger partial charge in [0, 0.05) is 20.1 Å². The van der Waals surface area contributed by atoms with Crippen molar-refractivity contribution in [2.24, 2.45) is 0 Å². The van der Waals surface area contributed by atoms with E-state index in [9.17, 15) is 13.2 Å². The average molecular weight is 309 g/mol. The van der Waals surface area contributed by atoms with Gasteiger partial charge in [0.15, 0.2) is 0 Å². The topological polar surface area (TPSA) is 81.5 Å². The number of sulfonamides is 1. The van der Waals surface area contributed by atoms with Crippen LogP contribution in [0.3, 0.4) is 0 Å². The van der Waals surface area contributed by atoms with Gasteiger partial charge in [-0.2, -0.15) is 9.57 Å². The quantitative estimate of drug-likeness (QED) is 0.786. The van der Waals surface area contributed by atoms with Crippen LogP contribution in [0.25, 0.3) is 0 Å². The maximum Gasteiger partial charge on any atom is 0.244 e. The highest BCUT2D eigenvalue weighted by Crippen LogP contribution is 2.18. The van der Waals surface area contributed by atoms with Gasteiger partial charge in [0.1, 0.15) is 6.07 Å². The van der Waals surface area contributed by atoms with Crippen LogP contribution in [0.4, 0.5) is 0 Å². The van der Waals surface area contributed by atoms with Crippen LogP contribution in [0.1, 0.15) is 19.4 Å². The molecule has 1 aromatic rings. The summed E-state index contributed by atoms with van der Waals surface area (Å²) in [5.41, 5.74) is 0.0691. The van der Waals surface area contributed by atoms with Crippen molar-refractivity contribution in [3.63, 3.8) is 0 Å². The number of carbonyl (C=O) groups is 1. The highest BCUT2D eigenvalue weighted by Gasteiger charge is 2.26. The van der Waals surface area contributed by atoms with Gasteiger partial charge in [0.25, 0.3) is 0 Å². The van der Waals surface area contributed by atoms with Crippen molar-refractivity contribution in [3.05, 3.63) is 29.8 Å². The van der Waals surface area contributed by atoms with Crippen molar-refractivity contribution in [1.29, 1.82) is 5.26 Å². The van der Waals surface area contributed by atoms with Gasteiger partial charge >= 0.3 is 0 Å². The maximum absolute atomic E-state index is 12.5. The molecular weight excluding hydrogens is 290 g/mol. The second-order valence-corrected chi connectivity index (χ2v) is 6.45. The van der Waals surface area contributed by atoms with Crippen molar-refractivity contribution < 1.29 is 13.2 Å². The van der Waals surface area contributed by atoms with Crippen molar-refractivity contribution in [2.45, 2.75) is 18.7 Å². The zero-order valence-corrected chi connectivity index (χ0v) is 13.2. The molecule has 0 atom stereocenters. The summed E-state index contributed by atoms with van der Waals surface area (Å²) >= 11 is 0. The van der Waals surface area contributed by atoms with Crippen LogP contribution in [0, 0.1) is 11.3 Å². The number of nitriles is 1. The number of rotatable bonds is 6. The predicted octanol–water partition coefficient (Wildman–Crippen LogP) is 1.05. The van der Waals surface area contributed by atoms with E-state index in [2.05, 4.69) is 0 Å². The van der Waals surface area contributed by atoms with E-state index in [0.29, 0.717) is 13.1 Å². The summed E-state index contributed by atoms with van der Waals surface area (Å²) in [7, 11) is -2.53. The molecule has 0 aliphatic rings. The van der Waals surface area contributed by atoms with Gasteiger partial charge in [0.05, 0.1) is 17.0 Å². The van der Waals surface area contributed by atoms with Gasteiger partial charge < -0.3 is 4.90 Å². The standard InChI is InChI=1S/C14H19N3O3S/c1-4-17(5-2)14(18)11-16(3)21(19,20)13-9-7-6-8-12(13)10-15/h6-9H,4-5,11H2,1-3H3. The molecule has 0 unspecified atom stereocenters. The molecule has 0 spiro atoms. The molecule has 0 fully saturated rings. The Morgan fingerprint density at radius 3 is 2.33 bits per heavy atom. The Morgan fingerprint density at radius 2 is 1.81 bits per heavy atom. The lowest BCUT2D eigenvalue weighted by molar-refractivity contribution is -0.130. The summed E-state index contributed by atoms with van der Waals surface area (Å²) in [4.78, 5) is 13.5. The van der Waals surface area contributed by atoms with Crippen LogP contribution in [-0.4, -0.2) is 50.2 Å². The van der Waals surface area contributed by atoms with E-state index in [-0.39, 0.29) is 22.9 Å². The fourth-order valence-electron chi connectivity index (χ4n) is 1.90. The number of nitrogens with zero attached hydrogens (tertiary/aromatic N) is 3. The first kappa shape index (κ1) is 17.1. The molecule has 0 saturated heterocycles. The van der Waals surface area contributed by atoms with Crippen molar-refractivity contribution in [3.8, 4) is 6.07 Å². The van der Waals surface area contributed by atoms with Crippen molar-refractivity contribution in [1.82, 2.24) is 9.21 Å². The zero-order valence-electron chi connectivity index (χ0n) is 12.4. The predicted molar refractivity (Wildman–Crippen MR) is 78.9 cm³/mol. The minimum absolute atomic E-state index is 0.0691. The van der Waals surface area contributed by atoms with Crippen LogP contribution in [0.2, 0.25) is 0 Å². The van der Waals surface area contributed by atoms with E-state index in [1.165, 1.54) is 19.2 Å². The van der Waals surface area contributed by atoms with E-state index in [0.717, 1.165) is 4.31 Å². The first-order valence-electron chi connectivity index (χ1n) is 6.61. The van der Waals surface area contributed by atoms with Gasteiger partial charge in [-0.05, 0) is 26.0 Å². The Balaban J connectivity index is 3.03. The Kier molecular flexibility index (Phi) is 5.88. The number of likely N-dealkylation sites (N-methyl/N-ethyl adjacent to an activating group) is 2. The fraction of sp³-hybridized carbons (Fsp3) is 0.429. The van der Waals surface area contributed by atoms with Gasteiger partial charge in [-0.3, -0.25) is 4.79 Å². The number of hydrogen-bond donors (Lipinski definition) is 0. The highest BCUT2D eigenvalue weighted by molar-refractivity contribution is 7.89. The monoisotopic (exact) mass is 309 g/mol. The van der Waals surface area contributed by atoms with E-state index in [1.807, 2.05) is 19.9 Å². The zero-order chi connectivity index (χ0) is 16.0. The fourth-order valence-corrected chi connectivity index (χ4v) is 3.16. The first-order valence-corrected chi connectivity index (χ1v) is 8.05. The van der Waals surface area contributed by atoms with E-state index in [1.54, 1.807) is 17.0 Å². The summed E-state index contributed by atoms with van der Waals surface area (Å²) in [5.74, 6) is -0.263. The number of hydrogen-bond acceptors (Lipinski definition) is 4. The molecule has 0 bridgehead atoms. The molecule has 0 radical (unpaired) electrons. The molecule has 0 aliphatic carbocycles. The molecule has 6 nitrogen and oxygen atoms in total. The van der Waals surface area contributed by atoms with Crippen LogP contribution >= 0.6 is 0 Å². The minimum Gasteiger partial charge on any atom is -0.342 e. The first-order chi connectivity index (χ1) is 9.88. The van der Waals surface area contributed by atoms with Gasteiger partial charge in [-0.15, -0.1) is 0 Å². The van der Waals surface area contributed by atoms with Crippen LogP contribution in [0.5, 0.6) is 0 Å². The summed E-state index contributed by atoms with van der Waals surface area (Å²) in [6.45, 7) is 4.47. The minimum atomic E-state index is -3.86. The third-order valence-electron chi connectivity index (χ3n) is 3.17. The molecule has 21 heavy (non-hydrogen) atoms. The number of carbonyl (C=O) groups excluding carboxylic acids is 1. The molecule has 1 aromatic carbocycles. The second-order valence-electron chi connectivity index (χ2n) is 4.44. The number of benzene rings is 1. The lowest BCUT2D eigenvalue weighted by Gasteiger charge is -2.23. The molecule has 0 aromatic heterocycles. The third-order valence-corrected chi connectivity index (χ3v) is 5.03. The molecule has 7 heteroatoms. The van der Waals surface area contributed by atoms with Crippen LogP contribution < -0.4 is 0 Å². The molecule has 114 valence electrons. The summed E-state index contributed by atoms with van der Waals surface area (Å²) in [5, 5.41) is 9.00. The number of amides is 1. The van der Waals surface area contributed by atoms with E-state index >= 15 is 0 Å².